The number of halogens is 1. The topological polar surface area (TPSA) is 113 Å². The van der Waals surface area contributed by atoms with Gasteiger partial charge in [0.2, 0.25) is 0 Å². The van der Waals surface area contributed by atoms with E-state index in [4.69, 9.17) is 15.6 Å². The van der Waals surface area contributed by atoms with Crippen LogP contribution in [0.2, 0.25) is 0 Å². The Hall–Kier alpha value is -2.59. The fraction of sp³-hybridized carbons (Fsp3) is 0.476. The van der Waals surface area contributed by atoms with Crippen LogP contribution in [0.1, 0.15) is 56.2 Å². The second kappa shape index (κ2) is 7.83. The maximum absolute atomic E-state index is 14.7. The molecule has 2 fully saturated rings. The zero-order valence-electron chi connectivity index (χ0n) is 17.3. The van der Waals surface area contributed by atoms with Gasteiger partial charge in [0.25, 0.3) is 6.02 Å². The maximum Gasteiger partial charge on any atom is 0.290 e. The van der Waals surface area contributed by atoms with Crippen molar-refractivity contribution < 1.29 is 9.13 Å². The number of aromatic nitrogens is 2. The third kappa shape index (κ3) is 3.89. The van der Waals surface area contributed by atoms with Crippen molar-refractivity contribution in [2.75, 3.05) is 5.32 Å². The Morgan fingerprint density at radius 2 is 2.26 bits per heavy atom. The summed E-state index contributed by atoms with van der Waals surface area (Å²) in [5.74, 6) is 0.588. The highest BCUT2D eigenvalue weighted by Crippen LogP contribution is 2.42. The Kier molecular flexibility index (Phi) is 5.13. The third-order valence-corrected chi connectivity index (χ3v) is 7.39. The number of fused-ring (bicyclic) bond motifs is 1. The van der Waals surface area contributed by atoms with Crippen molar-refractivity contribution in [3.05, 3.63) is 35.3 Å². The van der Waals surface area contributed by atoms with Crippen LogP contribution in [0.3, 0.4) is 0 Å². The number of nitrogens with zero attached hydrogens (tertiary/aromatic N) is 2. The molecule has 0 bridgehead atoms. The average molecular weight is 444 g/mol. The molecule has 0 amide bonds. The van der Waals surface area contributed by atoms with Gasteiger partial charge in [-0.3, -0.25) is 25.5 Å². The van der Waals surface area contributed by atoms with Crippen LogP contribution in [0, 0.1) is 16.6 Å². The molecule has 164 valence electrons. The van der Waals surface area contributed by atoms with E-state index in [1.807, 2.05) is 19.1 Å². The van der Waals surface area contributed by atoms with Gasteiger partial charge in [0.1, 0.15) is 6.10 Å². The minimum atomic E-state index is -0.243. The van der Waals surface area contributed by atoms with E-state index in [0.29, 0.717) is 23.6 Å². The zero-order chi connectivity index (χ0) is 21.6. The SMILES string of the molecule is CC1(N(C=N)C(=N)OC2CCC(c3cc(Nc4ccc5c(c4F)CNS5)n[nH]3)C2)CC1. The van der Waals surface area contributed by atoms with E-state index in [2.05, 4.69) is 20.2 Å². The fourth-order valence-corrected chi connectivity index (χ4v) is 5.11. The van der Waals surface area contributed by atoms with Gasteiger partial charge in [0.15, 0.2) is 11.6 Å². The monoisotopic (exact) mass is 443 g/mol. The van der Waals surface area contributed by atoms with Crippen LogP contribution >= 0.6 is 11.9 Å². The van der Waals surface area contributed by atoms with Crippen LogP contribution < -0.4 is 10.0 Å². The Morgan fingerprint density at radius 3 is 3.03 bits per heavy atom. The average Bonchev–Trinajstić information content (AvgIpc) is 3.20. The molecule has 1 aliphatic heterocycles. The summed E-state index contributed by atoms with van der Waals surface area (Å²) in [4.78, 5) is 2.54. The van der Waals surface area contributed by atoms with E-state index in [-0.39, 0.29) is 29.4 Å². The van der Waals surface area contributed by atoms with E-state index in [0.717, 1.165) is 42.7 Å². The number of anilines is 2. The number of hydrogen-bond acceptors (Lipinski definition) is 7. The molecular weight excluding hydrogens is 417 g/mol. The molecule has 2 aromatic rings. The number of rotatable bonds is 6. The summed E-state index contributed by atoms with van der Waals surface area (Å²) in [6, 6.07) is 5.63. The van der Waals surface area contributed by atoms with Gasteiger partial charge < -0.3 is 10.1 Å². The quantitative estimate of drug-likeness (QED) is 0.256. The number of H-pyrrole nitrogens is 1. The molecule has 2 aliphatic carbocycles. The van der Waals surface area contributed by atoms with Crippen molar-refractivity contribution in [3.8, 4) is 0 Å². The maximum atomic E-state index is 14.7. The van der Waals surface area contributed by atoms with Gasteiger partial charge >= 0.3 is 0 Å². The molecule has 2 unspecified atom stereocenters. The first kappa shape index (κ1) is 20.3. The molecule has 0 radical (unpaired) electrons. The van der Waals surface area contributed by atoms with Gasteiger partial charge in [0.05, 0.1) is 12.0 Å². The molecule has 0 spiro atoms. The molecule has 8 nitrogen and oxygen atoms in total. The molecule has 5 N–H and O–H groups in total. The lowest BCUT2D eigenvalue weighted by molar-refractivity contribution is 0.157. The van der Waals surface area contributed by atoms with Crippen molar-refractivity contribution in [2.24, 2.45) is 0 Å². The lowest BCUT2D eigenvalue weighted by Gasteiger charge is -2.27. The first-order chi connectivity index (χ1) is 15.0. The highest BCUT2D eigenvalue weighted by atomic mass is 32.2. The summed E-state index contributed by atoms with van der Waals surface area (Å²) < 4.78 is 23.7. The van der Waals surface area contributed by atoms with Crippen molar-refractivity contribution in [1.29, 1.82) is 10.8 Å². The van der Waals surface area contributed by atoms with Gasteiger partial charge in [-0.05, 0) is 63.1 Å². The molecule has 2 saturated carbocycles. The number of hydrogen-bond donors (Lipinski definition) is 5. The molecule has 31 heavy (non-hydrogen) atoms. The Balaban J connectivity index is 1.20. The largest absolute Gasteiger partial charge is 0.462 e. The number of aromatic amines is 1. The summed E-state index contributed by atoms with van der Waals surface area (Å²) >= 11 is 1.45. The Bertz CT molecular complexity index is 1020. The Morgan fingerprint density at radius 1 is 1.42 bits per heavy atom. The van der Waals surface area contributed by atoms with Crippen LogP contribution in [0.4, 0.5) is 15.9 Å². The van der Waals surface area contributed by atoms with E-state index in [1.54, 1.807) is 11.0 Å². The lowest BCUT2D eigenvalue weighted by Crippen LogP contribution is -2.41. The number of amidine groups is 1. The summed E-state index contributed by atoms with van der Waals surface area (Å²) in [7, 11) is 0. The predicted molar refractivity (Wildman–Crippen MR) is 118 cm³/mol. The van der Waals surface area contributed by atoms with Crippen molar-refractivity contribution >= 4 is 35.8 Å². The molecule has 2 heterocycles. The van der Waals surface area contributed by atoms with Crippen molar-refractivity contribution in [2.45, 2.75) is 68.0 Å². The Labute approximate surface area is 184 Å². The van der Waals surface area contributed by atoms with Crippen LogP contribution in [0.5, 0.6) is 0 Å². The first-order valence-corrected chi connectivity index (χ1v) is 11.4. The van der Waals surface area contributed by atoms with Gasteiger partial charge in [-0.25, -0.2) is 4.39 Å². The number of benzene rings is 1. The van der Waals surface area contributed by atoms with Crippen molar-refractivity contribution in [3.63, 3.8) is 0 Å². The molecule has 1 aromatic heterocycles. The molecule has 2 atom stereocenters. The van der Waals surface area contributed by atoms with Crippen LogP contribution in [0.25, 0.3) is 0 Å². The summed E-state index contributed by atoms with van der Waals surface area (Å²) in [6.07, 6.45) is 5.65. The van der Waals surface area contributed by atoms with Crippen molar-refractivity contribution in [1.82, 2.24) is 19.8 Å². The van der Waals surface area contributed by atoms with E-state index < -0.39 is 0 Å². The van der Waals surface area contributed by atoms with E-state index in [9.17, 15) is 4.39 Å². The van der Waals surface area contributed by atoms with Gasteiger partial charge in [-0.2, -0.15) is 5.10 Å². The van der Waals surface area contributed by atoms with Gasteiger partial charge in [-0.15, -0.1) is 0 Å². The predicted octanol–water partition coefficient (Wildman–Crippen LogP) is 4.45. The van der Waals surface area contributed by atoms with Gasteiger partial charge in [-0.1, -0.05) is 0 Å². The van der Waals surface area contributed by atoms with E-state index >= 15 is 0 Å². The lowest BCUT2D eigenvalue weighted by atomic mass is 10.0. The normalized spacial score (nSPS) is 23.3. The van der Waals surface area contributed by atoms with Crippen LogP contribution in [-0.4, -0.2) is 39.1 Å². The summed E-state index contributed by atoms with van der Waals surface area (Å²) in [6.45, 7) is 2.56. The molecule has 5 rings (SSSR count). The molecule has 0 saturated heterocycles. The fourth-order valence-electron chi connectivity index (χ4n) is 4.32. The second-order valence-electron chi connectivity index (χ2n) is 8.71. The molecular formula is C21H26FN7OS. The summed E-state index contributed by atoms with van der Waals surface area (Å²) in [5, 5.41) is 26.3. The summed E-state index contributed by atoms with van der Waals surface area (Å²) in [5.41, 5.74) is 1.95. The molecule has 10 heteroatoms. The minimum absolute atomic E-state index is 0.0545. The molecule has 1 aromatic carbocycles. The third-order valence-electron chi connectivity index (χ3n) is 6.50. The highest BCUT2D eigenvalue weighted by molar-refractivity contribution is 7.97. The smallest absolute Gasteiger partial charge is 0.290 e. The van der Waals surface area contributed by atoms with Crippen LogP contribution in [0.15, 0.2) is 23.1 Å². The minimum Gasteiger partial charge on any atom is -0.462 e. The van der Waals surface area contributed by atoms with Gasteiger partial charge in [0, 0.05) is 40.2 Å². The number of nitrogens with one attached hydrogen (secondary N) is 5. The van der Waals surface area contributed by atoms with E-state index in [1.165, 1.54) is 18.3 Å². The standard InChI is InChI=1S/C21H26FN7OS/c1-21(6-7-21)29(11-23)20(24)30-13-3-2-12(8-13)16-9-18(28-27-16)26-15-4-5-17-14(19(15)22)10-25-31-17/h4-5,9,11-13,23-25H,2-3,6-8,10H2,1H3,(H2,26,27,28). The van der Waals surface area contributed by atoms with Crippen LogP contribution in [-0.2, 0) is 11.3 Å². The number of ether oxygens (including phenoxy) is 1. The highest BCUT2D eigenvalue weighted by Gasteiger charge is 2.45. The second-order valence-corrected chi connectivity index (χ2v) is 9.64. The first-order valence-electron chi connectivity index (χ1n) is 10.6. The molecule has 3 aliphatic rings. The zero-order valence-corrected chi connectivity index (χ0v) is 18.1.